The van der Waals surface area contributed by atoms with Gasteiger partial charge >= 0.3 is 0 Å². The van der Waals surface area contributed by atoms with E-state index >= 15 is 0 Å². The zero-order valence-electron chi connectivity index (χ0n) is 9.20. The Morgan fingerprint density at radius 3 is 3.25 bits per heavy atom. The Labute approximate surface area is 93.8 Å². The van der Waals surface area contributed by atoms with Crippen LogP contribution in [0.4, 0.5) is 4.39 Å². The molecule has 1 aliphatic heterocycles. The molecule has 0 spiro atoms. The maximum atomic E-state index is 13.2. The summed E-state index contributed by atoms with van der Waals surface area (Å²) in [7, 11) is 1.54. The first-order chi connectivity index (χ1) is 7.81. The average molecular weight is 226 g/mol. The SMILES string of the molecule is COc1ncc(F)cc1C1CCOCCN1. The maximum absolute atomic E-state index is 13.2. The summed E-state index contributed by atoms with van der Waals surface area (Å²) in [4.78, 5) is 3.92. The van der Waals surface area contributed by atoms with E-state index in [2.05, 4.69) is 10.3 Å². The van der Waals surface area contributed by atoms with Crippen molar-refractivity contribution in [1.82, 2.24) is 10.3 Å². The van der Waals surface area contributed by atoms with Crippen LogP contribution in [0, 0.1) is 5.82 Å². The number of rotatable bonds is 2. The van der Waals surface area contributed by atoms with Crippen molar-refractivity contribution in [2.75, 3.05) is 26.9 Å². The molecule has 2 rings (SSSR count). The Bertz CT molecular complexity index is 352. The van der Waals surface area contributed by atoms with Crippen LogP contribution in [0.1, 0.15) is 18.0 Å². The van der Waals surface area contributed by atoms with E-state index in [1.807, 2.05) is 0 Å². The van der Waals surface area contributed by atoms with Crippen molar-refractivity contribution in [2.45, 2.75) is 12.5 Å². The van der Waals surface area contributed by atoms with Gasteiger partial charge in [0.05, 0.1) is 19.9 Å². The molecular weight excluding hydrogens is 211 g/mol. The van der Waals surface area contributed by atoms with Crippen LogP contribution in [0.5, 0.6) is 5.88 Å². The largest absolute Gasteiger partial charge is 0.481 e. The molecule has 1 N–H and O–H groups in total. The lowest BCUT2D eigenvalue weighted by molar-refractivity contribution is 0.150. The van der Waals surface area contributed by atoms with Crippen LogP contribution in [-0.2, 0) is 4.74 Å². The molecule has 0 aliphatic carbocycles. The summed E-state index contributed by atoms with van der Waals surface area (Å²) in [5.41, 5.74) is 0.757. The first kappa shape index (κ1) is 11.3. The fourth-order valence-electron chi connectivity index (χ4n) is 1.84. The van der Waals surface area contributed by atoms with Gasteiger partial charge in [0, 0.05) is 24.8 Å². The fraction of sp³-hybridized carbons (Fsp3) is 0.545. The highest BCUT2D eigenvalue weighted by atomic mass is 19.1. The van der Waals surface area contributed by atoms with Crippen molar-refractivity contribution in [3.63, 3.8) is 0 Å². The molecule has 1 aromatic rings. The number of halogens is 1. The highest BCUT2D eigenvalue weighted by molar-refractivity contribution is 5.29. The molecule has 0 radical (unpaired) electrons. The molecule has 1 saturated heterocycles. The van der Waals surface area contributed by atoms with Gasteiger partial charge in [0.1, 0.15) is 5.82 Å². The molecule has 1 atom stereocenters. The first-order valence-corrected chi connectivity index (χ1v) is 5.32. The molecule has 2 heterocycles. The van der Waals surface area contributed by atoms with Crippen molar-refractivity contribution >= 4 is 0 Å². The lowest BCUT2D eigenvalue weighted by atomic mass is 10.1. The van der Waals surface area contributed by atoms with Crippen molar-refractivity contribution in [2.24, 2.45) is 0 Å². The number of aromatic nitrogens is 1. The third-order valence-electron chi connectivity index (χ3n) is 2.60. The van der Waals surface area contributed by atoms with Gasteiger partial charge in [-0.15, -0.1) is 0 Å². The van der Waals surface area contributed by atoms with E-state index < -0.39 is 0 Å². The smallest absolute Gasteiger partial charge is 0.218 e. The predicted molar refractivity (Wildman–Crippen MR) is 56.9 cm³/mol. The average Bonchev–Trinajstić information content (AvgIpc) is 2.57. The van der Waals surface area contributed by atoms with Gasteiger partial charge in [0.15, 0.2) is 0 Å². The summed E-state index contributed by atoms with van der Waals surface area (Å²) in [6, 6.07) is 1.51. The van der Waals surface area contributed by atoms with Crippen molar-refractivity contribution < 1.29 is 13.9 Å². The Balaban J connectivity index is 2.25. The molecule has 4 nitrogen and oxygen atoms in total. The highest BCUT2D eigenvalue weighted by Gasteiger charge is 2.19. The molecule has 1 fully saturated rings. The fourth-order valence-corrected chi connectivity index (χ4v) is 1.84. The van der Waals surface area contributed by atoms with Crippen LogP contribution in [0.2, 0.25) is 0 Å². The van der Waals surface area contributed by atoms with Crippen molar-refractivity contribution in [1.29, 1.82) is 0 Å². The first-order valence-electron chi connectivity index (χ1n) is 5.32. The Kier molecular flexibility index (Phi) is 3.69. The van der Waals surface area contributed by atoms with E-state index in [-0.39, 0.29) is 11.9 Å². The quantitative estimate of drug-likeness (QED) is 0.825. The summed E-state index contributed by atoms with van der Waals surface area (Å²) < 4.78 is 23.6. The molecule has 0 aromatic carbocycles. The summed E-state index contributed by atoms with van der Waals surface area (Å²) >= 11 is 0. The third-order valence-corrected chi connectivity index (χ3v) is 2.60. The van der Waals surface area contributed by atoms with Gasteiger partial charge in [-0.1, -0.05) is 0 Å². The molecule has 1 aromatic heterocycles. The molecule has 1 aliphatic rings. The van der Waals surface area contributed by atoms with Crippen LogP contribution in [0.3, 0.4) is 0 Å². The molecule has 16 heavy (non-hydrogen) atoms. The second-order valence-electron chi connectivity index (χ2n) is 3.66. The lowest BCUT2D eigenvalue weighted by Crippen LogP contribution is -2.23. The number of nitrogens with zero attached hydrogens (tertiary/aromatic N) is 1. The third kappa shape index (κ3) is 2.48. The van der Waals surface area contributed by atoms with Crippen LogP contribution in [0.15, 0.2) is 12.3 Å². The summed E-state index contributed by atoms with van der Waals surface area (Å²) in [6.07, 6.45) is 1.96. The number of nitrogens with one attached hydrogen (secondary N) is 1. The second-order valence-corrected chi connectivity index (χ2v) is 3.66. The lowest BCUT2D eigenvalue weighted by Gasteiger charge is -2.17. The van der Waals surface area contributed by atoms with Gasteiger partial charge in [0.2, 0.25) is 5.88 Å². The van der Waals surface area contributed by atoms with Crippen LogP contribution in [0.25, 0.3) is 0 Å². The minimum atomic E-state index is -0.345. The van der Waals surface area contributed by atoms with E-state index in [4.69, 9.17) is 9.47 Å². The van der Waals surface area contributed by atoms with E-state index in [0.717, 1.165) is 24.7 Å². The predicted octanol–water partition coefficient (Wildman–Crippen LogP) is 1.28. The number of pyridine rings is 1. The molecule has 1 unspecified atom stereocenters. The molecule has 0 saturated carbocycles. The molecule has 0 amide bonds. The number of hydrogen-bond donors (Lipinski definition) is 1. The minimum absolute atomic E-state index is 0.0423. The zero-order valence-corrected chi connectivity index (χ0v) is 9.20. The van der Waals surface area contributed by atoms with Gasteiger partial charge in [-0.05, 0) is 12.5 Å². The van der Waals surface area contributed by atoms with Crippen molar-refractivity contribution in [3.05, 3.63) is 23.6 Å². The highest BCUT2D eigenvalue weighted by Crippen LogP contribution is 2.26. The number of methoxy groups -OCH3 is 1. The van der Waals surface area contributed by atoms with E-state index in [0.29, 0.717) is 19.1 Å². The monoisotopic (exact) mass is 226 g/mol. The van der Waals surface area contributed by atoms with Crippen LogP contribution >= 0.6 is 0 Å². The molecule has 88 valence electrons. The summed E-state index contributed by atoms with van der Waals surface area (Å²) in [5, 5.41) is 3.29. The minimum Gasteiger partial charge on any atom is -0.481 e. The van der Waals surface area contributed by atoms with E-state index in [9.17, 15) is 4.39 Å². The maximum Gasteiger partial charge on any atom is 0.218 e. The molecule has 5 heteroatoms. The Morgan fingerprint density at radius 2 is 2.44 bits per heavy atom. The van der Waals surface area contributed by atoms with Gasteiger partial charge in [-0.2, -0.15) is 0 Å². The Hall–Kier alpha value is -1.20. The van der Waals surface area contributed by atoms with E-state index in [1.54, 1.807) is 0 Å². The summed E-state index contributed by atoms with van der Waals surface area (Å²) in [6.45, 7) is 2.10. The van der Waals surface area contributed by atoms with Gasteiger partial charge in [0.25, 0.3) is 0 Å². The van der Waals surface area contributed by atoms with Gasteiger partial charge in [-0.3, -0.25) is 0 Å². The molecular formula is C11H15FN2O2. The second kappa shape index (κ2) is 5.23. The number of ether oxygens (including phenoxy) is 2. The number of hydrogen-bond acceptors (Lipinski definition) is 4. The topological polar surface area (TPSA) is 43.4 Å². The van der Waals surface area contributed by atoms with Crippen LogP contribution < -0.4 is 10.1 Å². The molecule has 0 bridgehead atoms. The standard InChI is InChI=1S/C11H15FN2O2/c1-15-11-9(6-8(12)7-14-11)10-2-4-16-5-3-13-10/h6-7,10,13H,2-5H2,1H3. The zero-order chi connectivity index (χ0) is 11.4. The normalized spacial score (nSPS) is 21.5. The van der Waals surface area contributed by atoms with Gasteiger partial charge in [-0.25, -0.2) is 9.37 Å². The van der Waals surface area contributed by atoms with Gasteiger partial charge < -0.3 is 14.8 Å². The van der Waals surface area contributed by atoms with Crippen molar-refractivity contribution in [3.8, 4) is 5.88 Å². The van der Waals surface area contributed by atoms with Crippen LogP contribution in [-0.4, -0.2) is 31.9 Å². The summed E-state index contributed by atoms with van der Waals surface area (Å²) in [5.74, 6) is 0.128. The van der Waals surface area contributed by atoms with E-state index in [1.165, 1.54) is 13.2 Å². The Morgan fingerprint density at radius 1 is 1.56 bits per heavy atom.